The second-order valence-electron chi connectivity index (χ2n) is 4.58. The Balaban J connectivity index is 1.98. The Morgan fingerprint density at radius 2 is 2.05 bits per heavy atom. The van der Waals surface area contributed by atoms with E-state index >= 15 is 0 Å². The number of nitrogens with two attached hydrogens (primary N) is 1. The highest BCUT2D eigenvalue weighted by Gasteiger charge is 2.17. The summed E-state index contributed by atoms with van der Waals surface area (Å²) < 4.78 is 0.765. The number of H-pyrrole nitrogens is 1. The van der Waals surface area contributed by atoms with E-state index in [1.54, 1.807) is 11.3 Å². The molecule has 0 radical (unpaired) electrons. The van der Waals surface area contributed by atoms with Gasteiger partial charge in [-0.25, -0.2) is 4.98 Å². The van der Waals surface area contributed by atoms with Gasteiger partial charge in [-0.3, -0.25) is 4.79 Å². The van der Waals surface area contributed by atoms with E-state index in [9.17, 15) is 4.79 Å². The third kappa shape index (κ3) is 2.68. The Labute approximate surface area is 132 Å². The van der Waals surface area contributed by atoms with Crippen LogP contribution in [0, 0.1) is 13.8 Å². The first kappa shape index (κ1) is 14.5. The first-order valence-corrected chi connectivity index (χ1v) is 8.72. The molecule has 0 aliphatic heterocycles. The molecule has 0 bridgehead atoms. The number of aromatic amines is 1. The van der Waals surface area contributed by atoms with Gasteiger partial charge in [-0.15, -0.1) is 21.5 Å². The van der Waals surface area contributed by atoms with Crippen molar-refractivity contribution < 1.29 is 0 Å². The van der Waals surface area contributed by atoms with Gasteiger partial charge < -0.3 is 10.7 Å². The zero-order valence-corrected chi connectivity index (χ0v) is 14.1. The molecule has 0 unspecified atom stereocenters. The minimum absolute atomic E-state index is 0.0304. The Morgan fingerprint density at radius 3 is 2.71 bits per heavy atom. The van der Waals surface area contributed by atoms with Crippen LogP contribution in [0.4, 0.5) is 5.13 Å². The van der Waals surface area contributed by atoms with Crippen molar-refractivity contribution in [3.8, 4) is 0 Å². The van der Waals surface area contributed by atoms with Gasteiger partial charge in [0.25, 0.3) is 5.56 Å². The lowest BCUT2D eigenvalue weighted by Gasteiger charge is -2.07. The minimum atomic E-state index is -0.0823. The fourth-order valence-electron chi connectivity index (χ4n) is 1.94. The van der Waals surface area contributed by atoms with E-state index in [1.165, 1.54) is 23.1 Å². The van der Waals surface area contributed by atoms with Crippen molar-refractivity contribution in [1.29, 1.82) is 0 Å². The Morgan fingerprint density at radius 1 is 1.29 bits per heavy atom. The van der Waals surface area contributed by atoms with Gasteiger partial charge in [-0.05, 0) is 26.3 Å². The quantitative estimate of drug-likeness (QED) is 0.712. The van der Waals surface area contributed by atoms with Gasteiger partial charge >= 0.3 is 0 Å². The number of thiophene rings is 1. The highest BCUT2D eigenvalue weighted by atomic mass is 32.2. The van der Waals surface area contributed by atoms with Gasteiger partial charge in [-0.2, -0.15) is 0 Å². The van der Waals surface area contributed by atoms with Crippen LogP contribution >= 0.6 is 34.4 Å². The number of thioether (sulfide) groups is 1. The predicted octanol–water partition coefficient (Wildman–Crippen LogP) is 2.89. The number of nitrogens with one attached hydrogen (secondary N) is 1. The summed E-state index contributed by atoms with van der Waals surface area (Å²) in [5.74, 6) is 0.646. The zero-order valence-electron chi connectivity index (χ0n) is 11.6. The summed E-state index contributed by atoms with van der Waals surface area (Å²) in [4.78, 5) is 21.6. The van der Waals surface area contributed by atoms with Crippen LogP contribution in [0.3, 0.4) is 0 Å². The molecule has 3 N–H and O–H groups in total. The summed E-state index contributed by atoms with van der Waals surface area (Å²) in [6.45, 7) is 5.93. The van der Waals surface area contributed by atoms with Gasteiger partial charge in [0, 0.05) is 4.88 Å². The molecule has 3 aromatic heterocycles. The number of hydrogen-bond donors (Lipinski definition) is 2. The number of aromatic nitrogens is 4. The molecule has 1 atom stereocenters. The minimum Gasteiger partial charge on any atom is -0.374 e. The van der Waals surface area contributed by atoms with Crippen LogP contribution in [0.1, 0.15) is 28.4 Å². The molecule has 0 spiro atoms. The summed E-state index contributed by atoms with van der Waals surface area (Å²) in [7, 11) is 0. The summed E-state index contributed by atoms with van der Waals surface area (Å²) in [5.41, 5.74) is 6.50. The van der Waals surface area contributed by atoms with E-state index in [0.717, 1.165) is 19.6 Å². The van der Waals surface area contributed by atoms with Gasteiger partial charge in [0.05, 0.1) is 10.6 Å². The fraction of sp³-hybridized carbons (Fsp3) is 0.333. The van der Waals surface area contributed by atoms with Crippen LogP contribution in [0.15, 0.2) is 9.13 Å². The van der Waals surface area contributed by atoms with Gasteiger partial charge in [0.2, 0.25) is 5.13 Å². The summed E-state index contributed by atoms with van der Waals surface area (Å²) in [6.07, 6.45) is 0. The maximum atomic E-state index is 12.3. The zero-order chi connectivity index (χ0) is 15.1. The SMILES string of the molecule is Cc1sc2nc([C@H](C)Sc3nnc(N)s3)[nH]c(=O)c2c1C. The average Bonchev–Trinajstić information content (AvgIpc) is 2.94. The number of anilines is 1. The van der Waals surface area contributed by atoms with Gasteiger partial charge in [-0.1, -0.05) is 23.1 Å². The molecule has 3 heterocycles. The van der Waals surface area contributed by atoms with Gasteiger partial charge in [0.1, 0.15) is 10.7 Å². The Kier molecular flexibility index (Phi) is 3.72. The lowest BCUT2D eigenvalue weighted by atomic mass is 10.2. The smallest absolute Gasteiger partial charge is 0.259 e. The third-order valence-electron chi connectivity index (χ3n) is 3.14. The molecule has 3 aromatic rings. The Hall–Kier alpha value is -1.45. The normalized spacial score (nSPS) is 12.9. The number of rotatable bonds is 3. The van der Waals surface area contributed by atoms with Crippen molar-refractivity contribution in [2.45, 2.75) is 30.4 Å². The number of fused-ring (bicyclic) bond motifs is 1. The molecule has 0 aliphatic rings. The van der Waals surface area contributed by atoms with E-state index in [-0.39, 0.29) is 10.8 Å². The van der Waals surface area contributed by atoms with E-state index in [4.69, 9.17) is 5.73 Å². The second-order valence-corrected chi connectivity index (χ2v) is 8.38. The van der Waals surface area contributed by atoms with Crippen LogP contribution < -0.4 is 11.3 Å². The van der Waals surface area contributed by atoms with Gasteiger partial charge in [0.15, 0.2) is 4.34 Å². The van der Waals surface area contributed by atoms with E-state index in [1.807, 2.05) is 20.8 Å². The van der Waals surface area contributed by atoms with Crippen molar-refractivity contribution in [1.82, 2.24) is 20.2 Å². The van der Waals surface area contributed by atoms with Crippen molar-refractivity contribution in [3.05, 3.63) is 26.6 Å². The fourth-order valence-corrected chi connectivity index (χ4v) is 4.81. The second kappa shape index (κ2) is 5.39. The molecule has 9 heteroatoms. The molecule has 6 nitrogen and oxygen atoms in total. The topological polar surface area (TPSA) is 97.5 Å². The summed E-state index contributed by atoms with van der Waals surface area (Å²) in [5, 5.41) is 8.85. The summed E-state index contributed by atoms with van der Waals surface area (Å²) >= 11 is 4.36. The van der Waals surface area contributed by atoms with E-state index < -0.39 is 0 Å². The molecule has 3 rings (SSSR count). The first-order valence-electron chi connectivity index (χ1n) is 6.21. The van der Waals surface area contributed by atoms with Crippen LogP contribution in [-0.2, 0) is 0 Å². The van der Waals surface area contributed by atoms with E-state index in [2.05, 4.69) is 20.2 Å². The molecule has 0 saturated carbocycles. The average molecular weight is 339 g/mol. The third-order valence-corrected chi connectivity index (χ3v) is 6.19. The standard InChI is InChI=1S/C12H13N5OS3/c1-4-5(2)19-10-7(4)9(18)14-8(15-10)6(3)20-12-17-16-11(13)21-12/h6H,1-3H3,(H2,13,16)(H,14,15,18)/t6-/m0/s1. The molecule has 0 aromatic carbocycles. The lowest BCUT2D eigenvalue weighted by Crippen LogP contribution is -2.12. The van der Waals surface area contributed by atoms with Crippen molar-refractivity contribution in [3.63, 3.8) is 0 Å². The maximum absolute atomic E-state index is 12.3. The molecule has 0 saturated heterocycles. The monoisotopic (exact) mass is 339 g/mol. The van der Waals surface area contributed by atoms with Crippen LogP contribution in [0.5, 0.6) is 0 Å². The predicted molar refractivity (Wildman–Crippen MR) is 88.3 cm³/mol. The lowest BCUT2D eigenvalue weighted by molar-refractivity contribution is 0.919. The van der Waals surface area contributed by atoms with Crippen LogP contribution in [-0.4, -0.2) is 20.2 Å². The molecular weight excluding hydrogens is 326 g/mol. The summed E-state index contributed by atoms with van der Waals surface area (Å²) in [6, 6.07) is 0. The van der Waals surface area contributed by atoms with Crippen molar-refractivity contribution >= 4 is 49.8 Å². The maximum Gasteiger partial charge on any atom is 0.259 e. The highest BCUT2D eigenvalue weighted by molar-refractivity contribution is 8.01. The largest absolute Gasteiger partial charge is 0.374 e. The van der Waals surface area contributed by atoms with Crippen LogP contribution in [0.2, 0.25) is 0 Å². The van der Waals surface area contributed by atoms with Crippen LogP contribution in [0.25, 0.3) is 10.2 Å². The number of nitrogen functional groups attached to an aromatic ring is 1. The molecule has 0 aliphatic carbocycles. The van der Waals surface area contributed by atoms with Crippen molar-refractivity contribution in [2.24, 2.45) is 0 Å². The molecule has 0 amide bonds. The first-order chi connectivity index (χ1) is 9.95. The highest BCUT2D eigenvalue weighted by Crippen LogP contribution is 2.36. The van der Waals surface area contributed by atoms with E-state index in [0.29, 0.717) is 16.3 Å². The molecule has 21 heavy (non-hydrogen) atoms. The molecule has 110 valence electrons. The number of aryl methyl sites for hydroxylation is 2. The van der Waals surface area contributed by atoms with Crippen molar-refractivity contribution in [2.75, 3.05) is 5.73 Å². The molecule has 0 fully saturated rings. The number of nitrogens with zero attached hydrogens (tertiary/aromatic N) is 3. The Bertz CT molecular complexity index is 866. The molecular formula is C12H13N5OS3. The number of hydrogen-bond acceptors (Lipinski definition) is 8.